The number of para-hydroxylation sites is 2. The van der Waals surface area contributed by atoms with E-state index in [4.69, 9.17) is 4.98 Å². The number of nitrogens with one attached hydrogen (secondary N) is 1. The van der Waals surface area contributed by atoms with E-state index in [0.717, 1.165) is 11.3 Å². The predicted octanol–water partition coefficient (Wildman–Crippen LogP) is 3.07. The molecule has 1 aromatic carbocycles. The van der Waals surface area contributed by atoms with E-state index in [1.165, 1.54) is 5.52 Å². The molecule has 0 radical (unpaired) electrons. The maximum absolute atomic E-state index is 4.75. The number of imidazole rings is 1. The van der Waals surface area contributed by atoms with Crippen LogP contribution in [0, 0.1) is 0 Å². The van der Waals surface area contributed by atoms with Crippen LogP contribution in [0.5, 0.6) is 0 Å². The SMILES string of the molecule is CNC(C)c1nc2ccccc2n1C(C)(C)C. The highest BCUT2D eigenvalue weighted by molar-refractivity contribution is 5.76. The molecule has 2 rings (SSSR count). The van der Waals surface area contributed by atoms with Gasteiger partial charge in [-0.2, -0.15) is 0 Å². The van der Waals surface area contributed by atoms with Crippen LogP contribution in [0.1, 0.15) is 39.6 Å². The van der Waals surface area contributed by atoms with Gasteiger partial charge in [0.05, 0.1) is 17.1 Å². The van der Waals surface area contributed by atoms with Gasteiger partial charge in [0.2, 0.25) is 0 Å². The molecule has 3 nitrogen and oxygen atoms in total. The van der Waals surface area contributed by atoms with Crippen LogP contribution in [0.25, 0.3) is 11.0 Å². The van der Waals surface area contributed by atoms with E-state index < -0.39 is 0 Å². The maximum atomic E-state index is 4.75. The van der Waals surface area contributed by atoms with Crippen molar-refractivity contribution in [3.05, 3.63) is 30.1 Å². The van der Waals surface area contributed by atoms with E-state index >= 15 is 0 Å². The fourth-order valence-corrected chi connectivity index (χ4v) is 2.17. The van der Waals surface area contributed by atoms with E-state index in [9.17, 15) is 0 Å². The van der Waals surface area contributed by atoms with E-state index in [1.54, 1.807) is 0 Å². The van der Waals surface area contributed by atoms with Crippen molar-refractivity contribution < 1.29 is 0 Å². The summed E-state index contributed by atoms with van der Waals surface area (Å²) in [5.74, 6) is 1.10. The lowest BCUT2D eigenvalue weighted by Crippen LogP contribution is -2.27. The highest BCUT2D eigenvalue weighted by atomic mass is 15.2. The van der Waals surface area contributed by atoms with Crippen LogP contribution in [0.2, 0.25) is 0 Å². The summed E-state index contributed by atoms with van der Waals surface area (Å²) in [6.07, 6.45) is 0. The minimum absolute atomic E-state index is 0.0382. The molecule has 0 saturated carbocycles. The van der Waals surface area contributed by atoms with Crippen molar-refractivity contribution in [1.82, 2.24) is 14.9 Å². The second kappa shape index (κ2) is 4.15. The number of nitrogens with zero attached hydrogens (tertiary/aromatic N) is 2. The zero-order valence-electron chi connectivity index (χ0n) is 11.3. The largest absolute Gasteiger partial charge is 0.321 e. The molecule has 1 aromatic heterocycles. The van der Waals surface area contributed by atoms with Crippen LogP contribution in [0.4, 0.5) is 0 Å². The molecule has 92 valence electrons. The Balaban J connectivity index is 2.74. The van der Waals surface area contributed by atoms with Crippen molar-refractivity contribution in [3.8, 4) is 0 Å². The topological polar surface area (TPSA) is 29.9 Å². The Morgan fingerprint density at radius 2 is 1.88 bits per heavy atom. The summed E-state index contributed by atoms with van der Waals surface area (Å²) in [7, 11) is 1.97. The van der Waals surface area contributed by atoms with Gasteiger partial charge in [-0.05, 0) is 46.9 Å². The van der Waals surface area contributed by atoms with Crippen LogP contribution >= 0.6 is 0 Å². The summed E-state index contributed by atoms with van der Waals surface area (Å²) >= 11 is 0. The summed E-state index contributed by atoms with van der Waals surface area (Å²) in [6.45, 7) is 8.79. The van der Waals surface area contributed by atoms with E-state index in [2.05, 4.69) is 55.8 Å². The molecular formula is C14H21N3. The second-order valence-electron chi connectivity index (χ2n) is 5.48. The Labute approximate surface area is 103 Å². The Morgan fingerprint density at radius 3 is 2.47 bits per heavy atom. The van der Waals surface area contributed by atoms with Crippen LogP contribution in [-0.4, -0.2) is 16.6 Å². The van der Waals surface area contributed by atoms with Crippen LogP contribution in [-0.2, 0) is 5.54 Å². The van der Waals surface area contributed by atoms with Crippen molar-refractivity contribution in [3.63, 3.8) is 0 Å². The zero-order chi connectivity index (χ0) is 12.6. The van der Waals surface area contributed by atoms with Gasteiger partial charge in [-0.15, -0.1) is 0 Å². The Bertz CT molecular complexity index is 520. The number of hydrogen-bond donors (Lipinski definition) is 1. The molecule has 1 atom stereocenters. The molecule has 0 saturated heterocycles. The molecule has 2 aromatic rings. The van der Waals surface area contributed by atoms with E-state index in [0.29, 0.717) is 0 Å². The highest BCUT2D eigenvalue weighted by Gasteiger charge is 2.23. The molecule has 0 spiro atoms. The molecule has 0 amide bonds. The van der Waals surface area contributed by atoms with Gasteiger partial charge in [-0.1, -0.05) is 12.1 Å². The molecule has 0 aliphatic carbocycles. The third-order valence-electron chi connectivity index (χ3n) is 3.08. The first-order valence-electron chi connectivity index (χ1n) is 6.10. The van der Waals surface area contributed by atoms with Crippen molar-refractivity contribution in [2.75, 3.05) is 7.05 Å². The molecular weight excluding hydrogens is 210 g/mol. The molecule has 1 heterocycles. The van der Waals surface area contributed by atoms with Crippen LogP contribution in [0.3, 0.4) is 0 Å². The Hall–Kier alpha value is -1.35. The quantitative estimate of drug-likeness (QED) is 0.860. The second-order valence-corrected chi connectivity index (χ2v) is 5.48. The number of aromatic nitrogens is 2. The maximum Gasteiger partial charge on any atom is 0.127 e. The van der Waals surface area contributed by atoms with E-state index in [-0.39, 0.29) is 11.6 Å². The van der Waals surface area contributed by atoms with Gasteiger partial charge in [0, 0.05) is 5.54 Å². The zero-order valence-corrected chi connectivity index (χ0v) is 11.3. The third-order valence-corrected chi connectivity index (χ3v) is 3.08. The molecule has 3 heteroatoms. The minimum Gasteiger partial charge on any atom is -0.321 e. The minimum atomic E-state index is 0.0382. The van der Waals surface area contributed by atoms with E-state index in [1.807, 2.05) is 13.1 Å². The first kappa shape index (κ1) is 12.1. The fourth-order valence-electron chi connectivity index (χ4n) is 2.17. The van der Waals surface area contributed by atoms with Gasteiger partial charge in [0.25, 0.3) is 0 Å². The van der Waals surface area contributed by atoms with Crippen molar-refractivity contribution >= 4 is 11.0 Å². The number of benzene rings is 1. The summed E-state index contributed by atoms with van der Waals surface area (Å²) in [4.78, 5) is 4.75. The van der Waals surface area contributed by atoms with Gasteiger partial charge >= 0.3 is 0 Å². The van der Waals surface area contributed by atoms with Crippen LogP contribution in [0.15, 0.2) is 24.3 Å². The summed E-state index contributed by atoms with van der Waals surface area (Å²) in [5, 5.41) is 3.27. The van der Waals surface area contributed by atoms with Gasteiger partial charge in [-0.3, -0.25) is 0 Å². The summed E-state index contributed by atoms with van der Waals surface area (Å²) < 4.78 is 2.32. The fraction of sp³-hybridized carbons (Fsp3) is 0.500. The predicted molar refractivity (Wildman–Crippen MR) is 72.2 cm³/mol. The monoisotopic (exact) mass is 231 g/mol. The molecule has 1 unspecified atom stereocenters. The normalized spacial score (nSPS) is 14.2. The lowest BCUT2D eigenvalue weighted by Gasteiger charge is -2.26. The van der Waals surface area contributed by atoms with Gasteiger partial charge in [-0.25, -0.2) is 4.98 Å². The van der Waals surface area contributed by atoms with Crippen molar-refractivity contribution in [2.45, 2.75) is 39.3 Å². The van der Waals surface area contributed by atoms with Crippen LogP contribution < -0.4 is 5.32 Å². The van der Waals surface area contributed by atoms with Gasteiger partial charge in [0.15, 0.2) is 0 Å². The number of rotatable bonds is 2. The first-order valence-corrected chi connectivity index (χ1v) is 6.10. The highest BCUT2D eigenvalue weighted by Crippen LogP contribution is 2.27. The van der Waals surface area contributed by atoms with Crippen molar-refractivity contribution in [2.24, 2.45) is 0 Å². The molecule has 17 heavy (non-hydrogen) atoms. The number of fused-ring (bicyclic) bond motifs is 1. The first-order chi connectivity index (χ1) is 7.95. The van der Waals surface area contributed by atoms with Gasteiger partial charge < -0.3 is 9.88 Å². The average molecular weight is 231 g/mol. The average Bonchev–Trinajstić information content (AvgIpc) is 2.66. The molecule has 0 bridgehead atoms. The lowest BCUT2D eigenvalue weighted by atomic mass is 10.1. The Morgan fingerprint density at radius 1 is 1.24 bits per heavy atom. The third kappa shape index (κ3) is 2.07. The molecule has 0 fully saturated rings. The Kier molecular flexibility index (Phi) is 2.96. The summed E-state index contributed by atoms with van der Waals surface area (Å²) in [5.41, 5.74) is 2.31. The number of hydrogen-bond acceptors (Lipinski definition) is 2. The molecule has 1 N–H and O–H groups in total. The molecule has 0 aliphatic heterocycles. The lowest BCUT2D eigenvalue weighted by molar-refractivity contribution is 0.379. The smallest absolute Gasteiger partial charge is 0.127 e. The standard InChI is InChI=1S/C14H21N3/c1-10(15-5)13-16-11-8-6-7-9-12(11)17(13)14(2,3)4/h6-10,15H,1-5H3. The van der Waals surface area contributed by atoms with Crippen molar-refractivity contribution in [1.29, 1.82) is 0 Å². The molecule has 0 aliphatic rings. The summed E-state index contributed by atoms with van der Waals surface area (Å²) in [6, 6.07) is 8.57. The van der Waals surface area contributed by atoms with Gasteiger partial charge in [0.1, 0.15) is 5.82 Å².